The number of benzene rings is 1. The lowest BCUT2D eigenvalue weighted by Crippen LogP contribution is -1.89. The molecule has 2 aromatic heterocycles. The minimum Gasteiger partial charge on any atom is -0.372 e. The molecule has 104 valence electrons. The van der Waals surface area contributed by atoms with Crippen molar-refractivity contribution in [2.75, 3.05) is 0 Å². The SMILES string of the molecule is Cc1nc(-c2ccc3c(c2)COC3)c(-c2ccccn2)[nH]1. The Hall–Kier alpha value is -2.46. The number of hydrogen-bond acceptors (Lipinski definition) is 3. The predicted octanol–water partition coefficient (Wildman–Crippen LogP) is 3.48. The highest BCUT2D eigenvalue weighted by Crippen LogP contribution is 2.31. The summed E-state index contributed by atoms with van der Waals surface area (Å²) in [5.74, 6) is 0.891. The van der Waals surface area contributed by atoms with Crippen LogP contribution in [0.1, 0.15) is 17.0 Å². The maximum absolute atomic E-state index is 5.49. The van der Waals surface area contributed by atoms with E-state index in [4.69, 9.17) is 4.74 Å². The molecule has 4 nitrogen and oxygen atoms in total. The first-order valence-corrected chi connectivity index (χ1v) is 6.99. The molecule has 3 heterocycles. The van der Waals surface area contributed by atoms with Gasteiger partial charge in [0.05, 0.1) is 30.3 Å². The van der Waals surface area contributed by atoms with E-state index < -0.39 is 0 Å². The third-order valence-electron chi connectivity index (χ3n) is 3.74. The van der Waals surface area contributed by atoms with Crippen molar-refractivity contribution in [3.63, 3.8) is 0 Å². The lowest BCUT2D eigenvalue weighted by Gasteiger charge is -2.04. The van der Waals surface area contributed by atoms with E-state index in [1.807, 2.05) is 25.1 Å². The second-order valence-corrected chi connectivity index (χ2v) is 5.24. The number of hydrogen-bond donors (Lipinski definition) is 1. The molecule has 1 N–H and O–H groups in total. The van der Waals surface area contributed by atoms with Crippen LogP contribution in [0.15, 0.2) is 42.6 Å². The van der Waals surface area contributed by atoms with Gasteiger partial charge in [-0.25, -0.2) is 4.98 Å². The molecule has 21 heavy (non-hydrogen) atoms. The van der Waals surface area contributed by atoms with Gasteiger partial charge in [-0.2, -0.15) is 0 Å². The van der Waals surface area contributed by atoms with Crippen LogP contribution in [0.3, 0.4) is 0 Å². The summed E-state index contributed by atoms with van der Waals surface area (Å²) in [7, 11) is 0. The summed E-state index contributed by atoms with van der Waals surface area (Å²) >= 11 is 0. The standard InChI is InChI=1S/C17H15N3O/c1-11-19-16(17(20-11)15-4-2-3-7-18-15)12-5-6-13-9-21-10-14(13)8-12/h2-8H,9-10H2,1H3,(H,19,20). The number of aromatic amines is 1. The van der Waals surface area contributed by atoms with E-state index in [-0.39, 0.29) is 0 Å². The summed E-state index contributed by atoms with van der Waals surface area (Å²) < 4.78 is 5.49. The molecule has 0 aliphatic carbocycles. The summed E-state index contributed by atoms with van der Waals surface area (Å²) in [5.41, 5.74) is 6.44. The van der Waals surface area contributed by atoms with Gasteiger partial charge in [-0.1, -0.05) is 18.2 Å². The first-order chi connectivity index (χ1) is 10.3. The number of ether oxygens (including phenoxy) is 1. The minimum absolute atomic E-state index is 0.686. The Labute approximate surface area is 122 Å². The third kappa shape index (κ3) is 2.14. The van der Waals surface area contributed by atoms with Gasteiger partial charge in [0, 0.05) is 11.8 Å². The summed E-state index contributed by atoms with van der Waals surface area (Å²) in [6, 6.07) is 12.3. The Morgan fingerprint density at radius 2 is 2.00 bits per heavy atom. The maximum atomic E-state index is 5.49. The fourth-order valence-electron chi connectivity index (χ4n) is 2.72. The zero-order valence-electron chi connectivity index (χ0n) is 11.8. The molecule has 0 bridgehead atoms. The molecule has 0 atom stereocenters. The van der Waals surface area contributed by atoms with Gasteiger partial charge in [0.2, 0.25) is 0 Å². The zero-order chi connectivity index (χ0) is 14.2. The molecule has 0 spiro atoms. The number of aromatic nitrogens is 3. The van der Waals surface area contributed by atoms with E-state index in [0.717, 1.165) is 28.5 Å². The molecule has 4 rings (SSSR count). The number of pyridine rings is 1. The van der Waals surface area contributed by atoms with Crippen molar-refractivity contribution >= 4 is 0 Å². The van der Waals surface area contributed by atoms with Crippen molar-refractivity contribution in [3.05, 3.63) is 59.5 Å². The van der Waals surface area contributed by atoms with Gasteiger partial charge < -0.3 is 9.72 Å². The molecule has 0 amide bonds. The highest BCUT2D eigenvalue weighted by Gasteiger charge is 2.17. The van der Waals surface area contributed by atoms with E-state index in [1.165, 1.54) is 11.1 Å². The third-order valence-corrected chi connectivity index (χ3v) is 3.74. The van der Waals surface area contributed by atoms with Crippen LogP contribution in [0.5, 0.6) is 0 Å². The molecule has 3 aromatic rings. The number of rotatable bonds is 2. The van der Waals surface area contributed by atoms with Crippen LogP contribution in [0, 0.1) is 6.92 Å². The Bertz CT molecular complexity index is 793. The van der Waals surface area contributed by atoms with Crippen molar-refractivity contribution in [1.82, 2.24) is 15.0 Å². The number of fused-ring (bicyclic) bond motifs is 1. The van der Waals surface area contributed by atoms with Crippen LogP contribution < -0.4 is 0 Å². The second kappa shape index (κ2) is 4.82. The molecule has 0 fully saturated rings. The quantitative estimate of drug-likeness (QED) is 0.780. The van der Waals surface area contributed by atoms with Crippen molar-refractivity contribution in [1.29, 1.82) is 0 Å². The number of imidazole rings is 1. The van der Waals surface area contributed by atoms with Gasteiger partial charge in [0.15, 0.2) is 0 Å². The number of aryl methyl sites for hydroxylation is 1. The molecule has 0 radical (unpaired) electrons. The van der Waals surface area contributed by atoms with Crippen molar-refractivity contribution in [3.8, 4) is 22.6 Å². The van der Waals surface area contributed by atoms with Crippen molar-refractivity contribution in [2.45, 2.75) is 20.1 Å². The van der Waals surface area contributed by atoms with Crippen molar-refractivity contribution < 1.29 is 4.74 Å². The first kappa shape index (κ1) is 12.3. The molecular formula is C17H15N3O. The van der Waals surface area contributed by atoms with Crippen LogP contribution in [-0.2, 0) is 18.0 Å². The Balaban J connectivity index is 1.86. The van der Waals surface area contributed by atoms with Gasteiger partial charge in [0.1, 0.15) is 5.82 Å². The zero-order valence-corrected chi connectivity index (χ0v) is 11.8. The Morgan fingerprint density at radius 3 is 2.86 bits per heavy atom. The van der Waals surface area contributed by atoms with E-state index in [9.17, 15) is 0 Å². The van der Waals surface area contributed by atoms with Gasteiger partial charge in [-0.3, -0.25) is 4.98 Å². The largest absolute Gasteiger partial charge is 0.372 e. The summed E-state index contributed by atoms with van der Waals surface area (Å²) in [6.07, 6.45) is 1.80. The monoisotopic (exact) mass is 277 g/mol. The van der Waals surface area contributed by atoms with E-state index in [2.05, 4.69) is 33.2 Å². The normalized spacial score (nSPS) is 13.4. The maximum Gasteiger partial charge on any atom is 0.104 e. The lowest BCUT2D eigenvalue weighted by atomic mass is 10.0. The summed E-state index contributed by atoms with van der Waals surface area (Å²) in [6.45, 7) is 3.36. The van der Waals surface area contributed by atoms with Crippen LogP contribution in [0.25, 0.3) is 22.6 Å². The average Bonchev–Trinajstić information content (AvgIpc) is 3.13. The fourth-order valence-corrected chi connectivity index (χ4v) is 2.72. The fraction of sp³-hybridized carbons (Fsp3) is 0.176. The molecule has 0 unspecified atom stereocenters. The molecule has 4 heteroatoms. The van der Waals surface area contributed by atoms with Crippen molar-refractivity contribution in [2.24, 2.45) is 0 Å². The van der Waals surface area contributed by atoms with E-state index >= 15 is 0 Å². The topological polar surface area (TPSA) is 50.8 Å². The van der Waals surface area contributed by atoms with E-state index in [1.54, 1.807) is 6.20 Å². The van der Waals surface area contributed by atoms with Crippen LogP contribution >= 0.6 is 0 Å². The van der Waals surface area contributed by atoms with Gasteiger partial charge in [-0.15, -0.1) is 0 Å². The molecule has 1 aliphatic rings. The lowest BCUT2D eigenvalue weighted by molar-refractivity contribution is 0.134. The molecule has 0 saturated heterocycles. The molecule has 0 saturated carbocycles. The molecular weight excluding hydrogens is 262 g/mol. The van der Waals surface area contributed by atoms with Crippen LogP contribution in [0.2, 0.25) is 0 Å². The Kier molecular flexibility index (Phi) is 2.82. The highest BCUT2D eigenvalue weighted by atomic mass is 16.5. The highest BCUT2D eigenvalue weighted by molar-refractivity contribution is 5.77. The predicted molar refractivity (Wildman–Crippen MR) is 80.5 cm³/mol. The minimum atomic E-state index is 0.686. The van der Waals surface area contributed by atoms with Crippen LogP contribution in [-0.4, -0.2) is 15.0 Å². The van der Waals surface area contributed by atoms with Gasteiger partial charge in [-0.05, 0) is 36.2 Å². The smallest absolute Gasteiger partial charge is 0.104 e. The number of nitrogens with zero attached hydrogens (tertiary/aromatic N) is 2. The van der Waals surface area contributed by atoms with Crippen LogP contribution in [0.4, 0.5) is 0 Å². The summed E-state index contributed by atoms with van der Waals surface area (Å²) in [4.78, 5) is 12.4. The molecule has 1 aliphatic heterocycles. The number of nitrogens with one attached hydrogen (secondary N) is 1. The number of H-pyrrole nitrogens is 1. The van der Waals surface area contributed by atoms with E-state index in [0.29, 0.717) is 13.2 Å². The summed E-state index contributed by atoms with van der Waals surface area (Å²) in [5, 5.41) is 0. The van der Waals surface area contributed by atoms with Gasteiger partial charge >= 0.3 is 0 Å². The first-order valence-electron chi connectivity index (χ1n) is 6.99. The average molecular weight is 277 g/mol. The Morgan fingerprint density at radius 1 is 1.10 bits per heavy atom. The van der Waals surface area contributed by atoms with Gasteiger partial charge in [0.25, 0.3) is 0 Å². The molecule has 1 aromatic carbocycles. The second-order valence-electron chi connectivity index (χ2n) is 5.24.